The Morgan fingerprint density at radius 1 is 0.792 bits per heavy atom. The fraction of sp³-hybridized carbons (Fsp3) is 0.364. The van der Waals surface area contributed by atoms with E-state index >= 15 is 0 Å². The molecule has 2 aromatic carbocycles. The van der Waals surface area contributed by atoms with E-state index in [1.54, 1.807) is 0 Å². The Hall–Kier alpha value is -1.90. The molecule has 0 amide bonds. The molecule has 0 fully saturated rings. The van der Waals surface area contributed by atoms with Gasteiger partial charge in [0.15, 0.2) is 0 Å². The topological polar surface area (TPSA) is 52.0 Å². The minimum atomic E-state index is 0.572. The fourth-order valence-corrected chi connectivity index (χ4v) is 3.89. The fourth-order valence-electron chi connectivity index (χ4n) is 3.89. The molecule has 0 aliphatic heterocycles. The van der Waals surface area contributed by atoms with Crippen molar-refractivity contribution in [2.24, 2.45) is 11.5 Å². The number of aryl methyl sites for hydroxylation is 2. The molecule has 2 nitrogen and oxygen atoms in total. The Balaban J connectivity index is 2.36. The number of fused-ring (bicyclic) bond motifs is 4. The third kappa shape index (κ3) is 2.70. The molecule has 2 heteroatoms. The van der Waals surface area contributed by atoms with Crippen molar-refractivity contribution in [2.45, 2.75) is 53.6 Å². The number of allylic oxidation sites excluding steroid dienone is 2. The third-order valence-corrected chi connectivity index (χ3v) is 5.79. The summed E-state index contributed by atoms with van der Waals surface area (Å²) < 4.78 is 0. The smallest absolute Gasteiger partial charge is 0.0186 e. The van der Waals surface area contributed by atoms with Crippen LogP contribution in [0.2, 0.25) is 0 Å². The zero-order valence-electron chi connectivity index (χ0n) is 15.3. The molecular weight excluding hydrogens is 292 g/mol. The van der Waals surface area contributed by atoms with E-state index in [9.17, 15) is 0 Å². The van der Waals surface area contributed by atoms with Gasteiger partial charge in [-0.05, 0) is 96.2 Å². The number of nitrogens with two attached hydrogens (primary N) is 2. The van der Waals surface area contributed by atoms with Crippen LogP contribution in [0.4, 0.5) is 0 Å². The lowest BCUT2D eigenvalue weighted by Crippen LogP contribution is -2.10. The lowest BCUT2D eigenvalue weighted by atomic mass is 9.83. The van der Waals surface area contributed by atoms with Crippen LogP contribution in [0.1, 0.15) is 58.4 Å². The number of benzene rings is 2. The van der Waals surface area contributed by atoms with Gasteiger partial charge in [-0.15, -0.1) is 0 Å². The molecular formula is C22H28N2. The predicted molar refractivity (Wildman–Crippen MR) is 104 cm³/mol. The van der Waals surface area contributed by atoms with Crippen LogP contribution in [0.25, 0.3) is 11.1 Å². The summed E-state index contributed by atoms with van der Waals surface area (Å²) >= 11 is 0. The van der Waals surface area contributed by atoms with Crippen molar-refractivity contribution in [3.63, 3.8) is 0 Å². The summed E-state index contributed by atoms with van der Waals surface area (Å²) in [5.41, 5.74) is 25.4. The van der Waals surface area contributed by atoms with Crippen molar-refractivity contribution < 1.29 is 0 Å². The Kier molecular flexibility index (Phi) is 4.62. The van der Waals surface area contributed by atoms with Crippen LogP contribution in [0, 0.1) is 13.8 Å². The second-order valence-electron chi connectivity index (χ2n) is 6.96. The summed E-state index contributed by atoms with van der Waals surface area (Å²) in [5, 5.41) is 0. The van der Waals surface area contributed by atoms with Crippen molar-refractivity contribution in [1.29, 1.82) is 0 Å². The van der Waals surface area contributed by atoms with Crippen LogP contribution in [-0.2, 0) is 25.9 Å². The van der Waals surface area contributed by atoms with Crippen LogP contribution in [-0.4, -0.2) is 0 Å². The van der Waals surface area contributed by atoms with E-state index in [0.29, 0.717) is 13.1 Å². The van der Waals surface area contributed by atoms with E-state index in [-0.39, 0.29) is 0 Å². The molecule has 0 heterocycles. The first-order valence-electron chi connectivity index (χ1n) is 8.80. The van der Waals surface area contributed by atoms with Gasteiger partial charge in [0.25, 0.3) is 0 Å². The standard InChI is InChI=1S/C22H28N2/c1-13-14(2)22(12-24)21-10-18(13)7-5-17-6-8-19(11-23)20(9-17)15(3)16(21)4/h6,8-10H,5,7,11-12,23-24H2,1-4H3/b16-15-. The molecule has 1 aliphatic rings. The third-order valence-electron chi connectivity index (χ3n) is 5.79. The normalized spacial score (nSPS) is 17.1. The Morgan fingerprint density at radius 2 is 1.50 bits per heavy atom. The van der Waals surface area contributed by atoms with Crippen LogP contribution in [0.5, 0.6) is 0 Å². The summed E-state index contributed by atoms with van der Waals surface area (Å²) in [5.74, 6) is 0. The SMILES string of the molecule is C/C1=C(\C)c2cc(c(C)c(C)c2CN)CCc2ccc(CN)c1c2. The van der Waals surface area contributed by atoms with Gasteiger partial charge in [-0.1, -0.05) is 24.3 Å². The first-order chi connectivity index (χ1) is 11.5. The molecule has 126 valence electrons. The minimum absolute atomic E-state index is 0.572. The van der Waals surface area contributed by atoms with Gasteiger partial charge in [0.1, 0.15) is 0 Å². The lowest BCUT2D eigenvalue weighted by Gasteiger charge is -2.22. The molecule has 0 unspecified atom stereocenters. The van der Waals surface area contributed by atoms with Crippen molar-refractivity contribution >= 4 is 11.1 Å². The molecule has 2 aromatic rings. The highest BCUT2D eigenvalue weighted by Crippen LogP contribution is 2.35. The quantitative estimate of drug-likeness (QED) is 0.868. The average Bonchev–Trinajstić information content (AvgIpc) is 2.60. The van der Waals surface area contributed by atoms with Gasteiger partial charge in [0.2, 0.25) is 0 Å². The molecule has 4 bridgehead atoms. The number of rotatable bonds is 2. The van der Waals surface area contributed by atoms with Crippen molar-refractivity contribution in [2.75, 3.05) is 0 Å². The zero-order chi connectivity index (χ0) is 17.4. The van der Waals surface area contributed by atoms with Gasteiger partial charge in [-0.2, -0.15) is 0 Å². The summed E-state index contributed by atoms with van der Waals surface area (Å²) in [6.07, 6.45) is 2.13. The number of hydrogen-bond acceptors (Lipinski definition) is 2. The molecule has 0 saturated carbocycles. The molecule has 0 saturated heterocycles. The van der Waals surface area contributed by atoms with Crippen LogP contribution >= 0.6 is 0 Å². The molecule has 0 atom stereocenters. The maximum atomic E-state index is 6.11. The van der Waals surface area contributed by atoms with E-state index in [2.05, 4.69) is 52.0 Å². The average molecular weight is 320 g/mol. The van der Waals surface area contributed by atoms with Gasteiger partial charge >= 0.3 is 0 Å². The van der Waals surface area contributed by atoms with Crippen molar-refractivity contribution in [3.05, 3.63) is 68.8 Å². The molecule has 24 heavy (non-hydrogen) atoms. The van der Waals surface area contributed by atoms with Crippen LogP contribution in [0.3, 0.4) is 0 Å². The van der Waals surface area contributed by atoms with E-state index in [4.69, 9.17) is 11.5 Å². The maximum absolute atomic E-state index is 6.11. The second kappa shape index (κ2) is 6.54. The first-order valence-corrected chi connectivity index (χ1v) is 8.80. The molecule has 0 aromatic heterocycles. The van der Waals surface area contributed by atoms with E-state index in [1.165, 1.54) is 55.7 Å². The molecule has 3 rings (SSSR count). The van der Waals surface area contributed by atoms with E-state index in [1.807, 2.05) is 0 Å². The van der Waals surface area contributed by atoms with Gasteiger partial charge in [-0.3, -0.25) is 0 Å². The summed E-state index contributed by atoms with van der Waals surface area (Å²) in [6, 6.07) is 9.13. The van der Waals surface area contributed by atoms with E-state index < -0.39 is 0 Å². The predicted octanol–water partition coefficient (Wildman–Crippen LogP) is 4.27. The van der Waals surface area contributed by atoms with E-state index in [0.717, 1.165) is 12.8 Å². The summed E-state index contributed by atoms with van der Waals surface area (Å²) in [6.45, 7) is 10.0. The molecule has 4 N–H and O–H groups in total. The van der Waals surface area contributed by atoms with Gasteiger partial charge in [-0.25, -0.2) is 0 Å². The highest BCUT2D eigenvalue weighted by atomic mass is 14.5. The van der Waals surface area contributed by atoms with Gasteiger partial charge < -0.3 is 11.5 Å². The first kappa shape index (κ1) is 16.9. The Bertz CT molecular complexity index is 828. The second-order valence-corrected chi connectivity index (χ2v) is 6.96. The van der Waals surface area contributed by atoms with Gasteiger partial charge in [0.05, 0.1) is 0 Å². The van der Waals surface area contributed by atoms with Crippen LogP contribution in [0.15, 0.2) is 24.3 Å². The largest absolute Gasteiger partial charge is 0.326 e. The van der Waals surface area contributed by atoms with Crippen LogP contribution < -0.4 is 11.5 Å². The number of hydrogen-bond donors (Lipinski definition) is 2. The highest BCUT2D eigenvalue weighted by molar-refractivity contribution is 5.91. The Morgan fingerprint density at radius 3 is 2.17 bits per heavy atom. The highest BCUT2D eigenvalue weighted by Gasteiger charge is 2.17. The zero-order valence-corrected chi connectivity index (χ0v) is 15.3. The van der Waals surface area contributed by atoms with Crippen molar-refractivity contribution in [1.82, 2.24) is 0 Å². The molecule has 0 spiro atoms. The summed E-state index contributed by atoms with van der Waals surface area (Å²) in [4.78, 5) is 0. The Labute approximate surface area is 145 Å². The van der Waals surface area contributed by atoms with Crippen molar-refractivity contribution in [3.8, 4) is 0 Å². The minimum Gasteiger partial charge on any atom is -0.326 e. The lowest BCUT2D eigenvalue weighted by molar-refractivity contribution is 0.927. The molecule has 0 radical (unpaired) electrons. The summed E-state index contributed by atoms with van der Waals surface area (Å²) in [7, 11) is 0. The monoisotopic (exact) mass is 320 g/mol. The molecule has 1 aliphatic carbocycles. The maximum Gasteiger partial charge on any atom is 0.0186 e. The van der Waals surface area contributed by atoms with Gasteiger partial charge in [0, 0.05) is 13.1 Å².